The number of rotatable bonds is 9. The Morgan fingerprint density at radius 1 is 0.912 bits per heavy atom. The van der Waals surface area contributed by atoms with Crippen LogP contribution in [0.4, 0.5) is 11.4 Å². The van der Waals surface area contributed by atoms with Crippen LogP contribution >= 0.6 is 23.5 Å². The van der Waals surface area contributed by atoms with E-state index in [1.54, 1.807) is 23.5 Å². The Bertz CT molecular complexity index is 1200. The number of fused-ring (bicyclic) bond motifs is 2. The quantitative estimate of drug-likeness (QED) is 0.186. The smallest absolute Gasteiger partial charge is 0.726 e. The molecule has 1 aliphatic rings. The molecule has 0 atom stereocenters. The second-order valence-corrected chi connectivity index (χ2v) is 10.6. The third kappa shape index (κ3) is 6.71. The molecule has 0 unspecified atom stereocenters. The molecule has 0 aliphatic carbocycles. The average Bonchev–Trinajstić information content (AvgIpc) is 2.82. The molecule has 34 heavy (non-hydrogen) atoms. The SMILES string of the molecule is CSC(SCCCOS(=O)(=O)[O-])=C1c2ccccc2N(Cc2ccccc2)c2ccccc21.[Na+]. The zero-order valence-electron chi connectivity index (χ0n) is 19.1. The third-order valence-electron chi connectivity index (χ3n) is 5.25. The van der Waals surface area contributed by atoms with E-state index in [-0.39, 0.29) is 36.2 Å². The molecule has 0 fully saturated rings. The molecule has 0 saturated carbocycles. The number of hydrogen-bond donors (Lipinski definition) is 0. The van der Waals surface area contributed by atoms with Gasteiger partial charge >= 0.3 is 29.6 Å². The molecule has 0 radical (unpaired) electrons. The standard InChI is InChI=1S/C25H25NO4S3.Na/c1-31-25(32-17-9-16-30-33(27,28)29)24-20-12-5-7-14-22(20)26(18-19-10-3-2-4-11-19)23-15-8-6-13-21(23)24;/h2-8,10-15H,9,16-18H2,1H3,(H,27,28,29);/q;+1/p-1. The summed E-state index contributed by atoms with van der Waals surface area (Å²) in [6, 6.07) is 27.3. The first-order chi connectivity index (χ1) is 16.0. The molecule has 0 aromatic heterocycles. The maximum absolute atomic E-state index is 10.7. The van der Waals surface area contributed by atoms with E-state index in [1.165, 1.54) is 22.3 Å². The molecule has 0 saturated heterocycles. The van der Waals surface area contributed by atoms with Crippen LogP contribution in [0.2, 0.25) is 0 Å². The van der Waals surface area contributed by atoms with E-state index in [1.807, 2.05) is 6.07 Å². The van der Waals surface area contributed by atoms with Crippen molar-refractivity contribution in [3.63, 3.8) is 0 Å². The van der Waals surface area contributed by atoms with Crippen molar-refractivity contribution in [2.24, 2.45) is 0 Å². The molecule has 172 valence electrons. The van der Waals surface area contributed by atoms with E-state index in [9.17, 15) is 13.0 Å². The molecule has 0 bridgehead atoms. The van der Waals surface area contributed by atoms with Gasteiger partial charge in [-0.25, -0.2) is 8.42 Å². The molecule has 9 heteroatoms. The summed E-state index contributed by atoms with van der Waals surface area (Å²) >= 11 is 3.33. The summed E-state index contributed by atoms with van der Waals surface area (Å²) in [6.45, 7) is 0.665. The topological polar surface area (TPSA) is 69.7 Å². The maximum atomic E-state index is 10.7. The number of thioether (sulfide) groups is 2. The summed E-state index contributed by atoms with van der Waals surface area (Å²) in [5, 5.41) is 0. The maximum Gasteiger partial charge on any atom is 1.00 e. The van der Waals surface area contributed by atoms with Crippen molar-refractivity contribution in [2.75, 3.05) is 23.5 Å². The molecule has 0 N–H and O–H groups in total. The van der Waals surface area contributed by atoms with Gasteiger partial charge in [0.2, 0.25) is 10.4 Å². The van der Waals surface area contributed by atoms with E-state index in [2.05, 4.69) is 88.1 Å². The molecule has 1 aliphatic heterocycles. The summed E-state index contributed by atoms with van der Waals surface area (Å²) in [4.78, 5) is 2.36. The Balaban J connectivity index is 0.00000324. The van der Waals surface area contributed by atoms with Gasteiger partial charge in [0.1, 0.15) is 0 Å². The van der Waals surface area contributed by atoms with Crippen molar-refractivity contribution < 1.29 is 46.7 Å². The summed E-state index contributed by atoms with van der Waals surface area (Å²) in [7, 11) is -4.64. The van der Waals surface area contributed by atoms with Crippen LogP contribution in [0.15, 0.2) is 83.1 Å². The third-order valence-corrected chi connectivity index (χ3v) is 8.09. The van der Waals surface area contributed by atoms with Crippen molar-refractivity contribution in [3.8, 4) is 0 Å². The van der Waals surface area contributed by atoms with Gasteiger partial charge in [0.15, 0.2) is 0 Å². The van der Waals surface area contributed by atoms with Gasteiger partial charge in [-0.05, 0) is 30.4 Å². The molecule has 5 nitrogen and oxygen atoms in total. The van der Waals surface area contributed by atoms with Crippen LogP contribution in [0.25, 0.3) is 5.57 Å². The first-order valence-electron chi connectivity index (χ1n) is 10.5. The largest absolute Gasteiger partial charge is 1.00 e. The van der Waals surface area contributed by atoms with Crippen LogP contribution in [-0.4, -0.2) is 31.6 Å². The zero-order valence-corrected chi connectivity index (χ0v) is 23.6. The predicted octanol–water partition coefficient (Wildman–Crippen LogP) is 3.02. The van der Waals surface area contributed by atoms with Crippen LogP contribution in [0.3, 0.4) is 0 Å². The van der Waals surface area contributed by atoms with Gasteiger partial charge < -0.3 is 9.45 Å². The number of nitrogens with zero attached hydrogens (tertiary/aromatic N) is 1. The number of hydrogen-bond acceptors (Lipinski definition) is 7. The monoisotopic (exact) mass is 521 g/mol. The minimum Gasteiger partial charge on any atom is -0.726 e. The predicted molar refractivity (Wildman–Crippen MR) is 137 cm³/mol. The minimum absolute atomic E-state index is 0. The molecular formula is C25H24NNaO4S3. The molecule has 3 aromatic carbocycles. The first kappa shape index (κ1) is 27.4. The van der Waals surface area contributed by atoms with Gasteiger partial charge in [0.05, 0.1) is 6.61 Å². The fraction of sp³-hybridized carbons (Fsp3) is 0.200. The van der Waals surface area contributed by atoms with Crippen molar-refractivity contribution in [3.05, 3.63) is 99.8 Å². The fourth-order valence-corrected chi connectivity index (χ4v) is 6.17. The van der Waals surface area contributed by atoms with Crippen LogP contribution in [0, 0.1) is 0 Å². The van der Waals surface area contributed by atoms with E-state index in [0.717, 1.165) is 22.2 Å². The summed E-state index contributed by atoms with van der Waals surface area (Å²) in [6.07, 6.45) is 2.52. The Hall–Kier alpha value is -1.23. The van der Waals surface area contributed by atoms with Crippen molar-refractivity contribution >= 4 is 50.9 Å². The normalized spacial score (nSPS) is 12.5. The first-order valence-corrected chi connectivity index (χ1v) is 14.0. The summed E-state index contributed by atoms with van der Waals surface area (Å²) in [5.74, 6) is 0.646. The van der Waals surface area contributed by atoms with Crippen molar-refractivity contribution in [1.82, 2.24) is 0 Å². The van der Waals surface area contributed by atoms with Gasteiger partial charge in [-0.1, -0.05) is 66.7 Å². The number of para-hydroxylation sites is 2. The van der Waals surface area contributed by atoms with E-state index in [4.69, 9.17) is 0 Å². The number of benzene rings is 3. The van der Waals surface area contributed by atoms with Crippen LogP contribution in [0.5, 0.6) is 0 Å². The van der Waals surface area contributed by atoms with Crippen LogP contribution < -0.4 is 34.5 Å². The molecule has 0 amide bonds. The zero-order chi connectivity index (χ0) is 23.3. The molecular weight excluding hydrogens is 497 g/mol. The molecule has 1 heterocycles. The van der Waals surface area contributed by atoms with Gasteiger partial charge in [0, 0.05) is 44.6 Å². The summed E-state index contributed by atoms with van der Waals surface area (Å²) in [5.41, 5.74) is 7.07. The Kier molecular flexibility index (Phi) is 10.2. The molecule has 4 rings (SSSR count). The Labute approximate surface area is 232 Å². The fourth-order valence-electron chi connectivity index (χ4n) is 3.89. The Morgan fingerprint density at radius 2 is 1.47 bits per heavy atom. The molecule has 3 aromatic rings. The van der Waals surface area contributed by atoms with Gasteiger partial charge in [-0.15, -0.1) is 23.5 Å². The van der Waals surface area contributed by atoms with Gasteiger partial charge in [-0.3, -0.25) is 4.18 Å². The summed E-state index contributed by atoms with van der Waals surface area (Å²) < 4.78 is 37.5. The van der Waals surface area contributed by atoms with Crippen molar-refractivity contribution in [1.29, 1.82) is 0 Å². The average molecular weight is 522 g/mol. The Morgan fingerprint density at radius 3 is 2.03 bits per heavy atom. The number of anilines is 2. The van der Waals surface area contributed by atoms with Crippen LogP contribution in [0.1, 0.15) is 23.1 Å². The van der Waals surface area contributed by atoms with Crippen molar-refractivity contribution in [2.45, 2.75) is 13.0 Å². The minimum atomic E-state index is -4.64. The van der Waals surface area contributed by atoms with E-state index >= 15 is 0 Å². The second kappa shape index (κ2) is 12.6. The van der Waals surface area contributed by atoms with Gasteiger partial charge in [0.25, 0.3) is 0 Å². The molecule has 0 spiro atoms. The van der Waals surface area contributed by atoms with E-state index < -0.39 is 10.4 Å². The van der Waals surface area contributed by atoms with Crippen LogP contribution in [-0.2, 0) is 21.1 Å². The second-order valence-electron chi connectivity index (χ2n) is 7.40. The van der Waals surface area contributed by atoms with Gasteiger partial charge in [-0.2, -0.15) is 0 Å². The van der Waals surface area contributed by atoms with E-state index in [0.29, 0.717) is 12.2 Å².